The van der Waals surface area contributed by atoms with E-state index in [4.69, 9.17) is 9.15 Å². The van der Waals surface area contributed by atoms with E-state index in [2.05, 4.69) is 0 Å². The van der Waals surface area contributed by atoms with Gasteiger partial charge in [0.15, 0.2) is 11.6 Å². The fourth-order valence-corrected chi connectivity index (χ4v) is 1.78. The Morgan fingerprint density at radius 2 is 1.80 bits per heavy atom. The Morgan fingerprint density at radius 3 is 2.55 bits per heavy atom. The molecule has 0 atom stereocenters. The standard InChI is InChI=1S/C15H8F2O3/c16-11-6-5-10(8-12(11)17)19-15(18)14-7-9-3-1-2-4-13(9)20-14/h1-8H. The van der Waals surface area contributed by atoms with Gasteiger partial charge in [-0.3, -0.25) is 0 Å². The van der Waals surface area contributed by atoms with E-state index in [0.29, 0.717) is 5.58 Å². The van der Waals surface area contributed by atoms with Gasteiger partial charge in [0.2, 0.25) is 5.76 Å². The first-order valence-corrected chi connectivity index (χ1v) is 5.79. The summed E-state index contributed by atoms with van der Waals surface area (Å²) in [5, 5.41) is 0.754. The molecule has 0 saturated carbocycles. The minimum absolute atomic E-state index is 0.00377. The van der Waals surface area contributed by atoms with Crippen LogP contribution in [-0.2, 0) is 0 Å². The van der Waals surface area contributed by atoms with Crippen LogP contribution in [0.25, 0.3) is 11.0 Å². The lowest BCUT2D eigenvalue weighted by Gasteiger charge is -2.02. The van der Waals surface area contributed by atoms with Crippen LogP contribution in [-0.4, -0.2) is 5.97 Å². The fourth-order valence-electron chi connectivity index (χ4n) is 1.78. The predicted molar refractivity (Wildman–Crippen MR) is 67.5 cm³/mol. The zero-order valence-corrected chi connectivity index (χ0v) is 10.1. The molecule has 3 nitrogen and oxygen atoms in total. The van der Waals surface area contributed by atoms with Gasteiger partial charge < -0.3 is 9.15 Å². The smallest absolute Gasteiger partial charge is 0.379 e. The summed E-state index contributed by atoms with van der Waals surface area (Å²) >= 11 is 0. The molecular formula is C15H8F2O3. The molecule has 0 unspecified atom stereocenters. The van der Waals surface area contributed by atoms with E-state index in [1.807, 2.05) is 6.07 Å². The van der Waals surface area contributed by atoms with Gasteiger partial charge in [0.25, 0.3) is 0 Å². The normalized spacial score (nSPS) is 10.7. The number of carbonyl (C=O) groups excluding carboxylic acids is 1. The van der Waals surface area contributed by atoms with Gasteiger partial charge in [0, 0.05) is 11.5 Å². The maximum absolute atomic E-state index is 13.0. The highest BCUT2D eigenvalue weighted by molar-refractivity contribution is 5.93. The van der Waals surface area contributed by atoms with Crippen molar-refractivity contribution in [1.29, 1.82) is 0 Å². The third kappa shape index (κ3) is 2.25. The lowest BCUT2D eigenvalue weighted by atomic mass is 10.2. The fraction of sp³-hybridized carbons (Fsp3) is 0. The zero-order valence-electron chi connectivity index (χ0n) is 10.1. The highest BCUT2D eigenvalue weighted by Crippen LogP contribution is 2.21. The number of fused-ring (bicyclic) bond motifs is 1. The van der Waals surface area contributed by atoms with Gasteiger partial charge in [0.05, 0.1) is 0 Å². The number of ether oxygens (including phenoxy) is 1. The number of halogens is 2. The number of esters is 1. The molecule has 100 valence electrons. The van der Waals surface area contributed by atoms with Gasteiger partial charge >= 0.3 is 5.97 Å². The molecular weight excluding hydrogens is 266 g/mol. The van der Waals surface area contributed by atoms with Crippen molar-refractivity contribution in [2.45, 2.75) is 0 Å². The molecule has 0 N–H and O–H groups in total. The second kappa shape index (κ2) is 4.77. The van der Waals surface area contributed by atoms with Crippen LogP contribution in [0.5, 0.6) is 5.75 Å². The second-order valence-electron chi connectivity index (χ2n) is 4.11. The van der Waals surface area contributed by atoms with Crippen molar-refractivity contribution in [2.24, 2.45) is 0 Å². The molecule has 3 aromatic rings. The summed E-state index contributed by atoms with van der Waals surface area (Å²) in [7, 11) is 0. The van der Waals surface area contributed by atoms with E-state index in [0.717, 1.165) is 17.5 Å². The van der Waals surface area contributed by atoms with Gasteiger partial charge in [-0.05, 0) is 24.3 Å². The van der Waals surface area contributed by atoms with Crippen molar-refractivity contribution in [3.8, 4) is 5.75 Å². The highest BCUT2D eigenvalue weighted by atomic mass is 19.2. The molecule has 1 aromatic heterocycles. The summed E-state index contributed by atoms with van der Waals surface area (Å²) in [6, 6.07) is 11.5. The maximum atomic E-state index is 13.0. The SMILES string of the molecule is O=C(Oc1ccc(F)c(F)c1)c1cc2ccccc2o1. The first kappa shape index (κ1) is 12.3. The molecule has 0 radical (unpaired) electrons. The van der Waals surface area contributed by atoms with Crippen molar-refractivity contribution in [3.63, 3.8) is 0 Å². The number of hydrogen-bond donors (Lipinski definition) is 0. The number of carbonyl (C=O) groups is 1. The zero-order chi connectivity index (χ0) is 14.1. The molecule has 0 spiro atoms. The van der Waals surface area contributed by atoms with Gasteiger partial charge in [0.1, 0.15) is 11.3 Å². The molecule has 0 aliphatic carbocycles. The third-order valence-electron chi connectivity index (χ3n) is 2.73. The van der Waals surface area contributed by atoms with Crippen molar-refractivity contribution >= 4 is 16.9 Å². The van der Waals surface area contributed by atoms with Crippen molar-refractivity contribution in [3.05, 3.63) is 65.9 Å². The summed E-state index contributed by atoms with van der Waals surface area (Å²) in [5.74, 6) is -2.95. The lowest BCUT2D eigenvalue weighted by molar-refractivity contribution is 0.0703. The summed E-state index contributed by atoms with van der Waals surface area (Å²) in [6.07, 6.45) is 0. The topological polar surface area (TPSA) is 39.4 Å². The molecule has 20 heavy (non-hydrogen) atoms. The van der Waals surface area contributed by atoms with Crippen LogP contribution in [0.1, 0.15) is 10.6 Å². The third-order valence-corrected chi connectivity index (χ3v) is 2.73. The van der Waals surface area contributed by atoms with Crippen LogP contribution in [0, 0.1) is 11.6 Å². The number of benzene rings is 2. The lowest BCUT2D eigenvalue weighted by Crippen LogP contribution is -2.07. The van der Waals surface area contributed by atoms with Crippen LogP contribution in [0.3, 0.4) is 0 Å². The Hall–Kier alpha value is -2.69. The van der Waals surface area contributed by atoms with E-state index in [9.17, 15) is 13.6 Å². The maximum Gasteiger partial charge on any atom is 0.379 e. The molecule has 2 aromatic carbocycles. The van der Waals surface area contributed by atoms with Crippen LogP contribution >= 0.6 is 0 Å². The molecule has 0 saturated heterocycles. The summed E-state index contributed by atoms with van der Waals surface area (Å²) in [6.45, 7) is 0. The molecule has 0 aliphatic heterocycles. The van der Waals surface area contributed by atoms with Crippen molar-refractivity contribution in [2.75, 3.05) is 0 Å². The Kier molecular flexibility index (Phi) is 2.95. The molecule has 0 bridgehead atoms. The molecule has 0 fully saturated rings. The molecule has 3 rings (SSSR count). The molecule has 5 heteroatoms. The number of rotatable bonds is 2. The Bertz CT molecular complexity index is 760. The van der Waals surface area contributed by atoms with Crippen LogP contribution in [0.2, 0.25) is 0 Å². The van der Waals surface area contributed by atoms with Gasteiger partial charge in [-0.1, -0.05) is 18.2 Å². The second-order valence-corrected chi connectivity index (χ2v) is 4.11. The summed E-state index contributed by atoms with van der Waals surface area (Å²) < 4.78 is 36.0. The Labute approximate surface area is 112 Å². The van der Waals surface area contributed by atoms with E-state index in [1.165, 1.54) is 12.1 Å². The van der Waals surface area contributed by atoms with E-state index >= 15 is 0 Å². The van der Waals surface area contributed by atoms with Gasteiger partial charge in [-0.2, -0.15) is 0 Å². The largest absolute Gasteiger partial charge is 0.449 e. The van der Waals surface area contributed by atoms with Crippen molar-refractivity contribution in [1.82, 2.24) is 0 Å². The van der Waals surface area contributed by atoms with E-state index < -0.39 is 17.6 Å². The quantitative estimate of drug-likeness (QED) is 0.525. The molecule has 0 aliphatic rings. The van der Waals surface area contributed by atoms with Crippen molar-refractivity contribution < 1.29 is 22.7 Å². The number of hydrogen-bond acceptors (Lipinski definition) is 3. The minimum atomic E-state index is -1.08. The molecule has 1 heterocycles. The predicted octanol–water partition coefficient (Wildman–Crippen LogP) is 3.93. The number of furan rings is 1. The minimum Gasteiger partial charge on any atom is -0.449 e. The first-order chi connectivity index (χ1) is 9.63. The first-order valence-electron chi connectivity index (χ1n) is 5.79. The van der Waals surface area contributed by atoms with E-state index in [1.54, 1.807) is 18.2 Å². The van der Waals surface area contributed by atoms with Crippen LogP contribution in [0.4, 0.5) is 8.78 Å². The highest BCUT2D eigenvalue weighted by Gasteiger charge is 2.15. The Balaban J connectivity index is 1.86. The van der Waals surface area contributed by atoms with E-state index in [-0.39, 0.29) is 11.5 Å². The van der Waals surface area contributed by atoms with Gasteiger partial charge in [-0.25, -0.2) is 13.6 Å². The molecule has 0 amide bonds. The summed E-state index contributed by atoms with van der Waals surface area (Å²) in [5.41, 5.74) is 0.546. The average molecular weight is 274 g/mol. The Morgan fingerprint density at radius 1 is 1.00 bits per heavy atom. The van der Waals surface area contributed by atoms with Crippen LogP contribution in [0.15, 0.2) is 52.9 Å². The summed E-state index contributed by atoms with van der Waals surface area (Å²) in [4.78, 5) is 11.8. The monoisotopic (exact) mass is 274 g/mol. The average Bonchev–Trinajstić information content (AvgIpc) is 2.87. The van der Waals surface area contributed by atoms with Crippen LogP contribution < -0.4 is 4.74 Å². The number of para-hydroxylation sites is 1. The van der Waals surface area contributed by atoms with Gasteiger partial charge in [-0.15, -0.1) is 0 Å².